The summed E-state index contributed by atoms with van der Waals surface area (Å²) in [5, 5.41) is 8.49. The molecule has 1 N–H and O–H groups in total. The Morgan fingerprint density at radius 2 is 1.03 bits per heavy atom. The van der Waals surface area contributed by atoms with Gasteiger partial charge in [0.2, 0.25) is 0 Å². The summed E-state index contributed by atoms with van der Waals surface area (Å²) in [6.45, 7) is 26.0. The van der Waals surface area contributed by atoms with Gasteiger partial charge in [0, 0.05) is 28.2 Å². The van der Waals surface area contributed by atoms with Crippen molar-refractivity contribution in [1.82, 2.24) is 15.4 Å². The van der Waals surface area contributed by atoms with Crippen LogP contribution >= 0.6 is 0 Å². The molecule has 0 aromatic rings. The molecule has 214 valence electrons. The van der Waals surface area contributed by atoms with Gasteiger partial charge in [0.15, 0.2) is 0 Å². The number of rotatable bonds is 15. The highest BCUT2D eigenvalue weighted by Gasteiger charge is 2.47. The summed E-state index contributed by atoms with van der Waals surface area (Å²) in [6, 6.07) is 0.579. The van der Waals surface area contributed by atoms with Gasteiger partial charge in [0.05, 0.1) is 13.2 Å². The van der Waals surface area contributed by atoms with E-state index in [9.17, 15) is 0 Å². The second kappa shape index (κ2) is 13.7. The zero-order chi connectivity index (χ0) is 27.0. The molecule has 0 spiro atoms. The molecule has 2 heterocycles. The van der Waals surface area contributed by atoms with Gasteiger partial charge in [-0.05, 0) is 113 Å². The number of hydrogen-bond donors (Lipinski definition) is 1. The van der Waals surface area contributed by atoms with E-state index in [0.29, 0.717) is 6.04 Å². The molecule has 0 amide bonds. The van der Waals surface area contributed by atoms with Gasteiger partial charge < -0.3 is 5.32 Å². The van der Waals surface area contributed by atoms with E-state index in [1.807, 2.05) is 0 Å². The monoisotopic (exact) mass is 509 g/mol. The maximum Gasteiger partial charge on any atom is 0.0683 e. The molecule has 2 aliphatic heterocycles. The molecule has 2 fully saturated rings. The molecule has 5 heteroatoms. The third-order valence-electron chi connectivity index (χ3n) is 8.34. The smallest absolute Gasteiger partial charge is 0.0683 e. The van der Waals surface area contributed by atoms with E-state index in [1.165, 1.54) is 51.4 Å². The molecule has 0 bridgehead atoms. The minimum Gasteiger partial charge on any atom is -0.314 e. The molecule has 0 aliphatic carbocycles. The summed E-state index contributed by atoms with van der Waals surface area (Å²) in [4.78, 5) is 12.4. The van der Waals surface area contributed by atoms with Crippen LogP contribution in [-0.4, -0.2) is 58.1 Å². The molecule has 2 rings (SSSR count). The average molecular weight is 510 g/mol. The number of nitrogens with zero attached hydrogens (tertiary/aromatic N) is 2. The maximum absolute atomic E-state index is 6.20. The zero-order valence-corrected chi connectivity index (χ0v) is 26.0. The summed E-state index contributed by atoms with van der Waals surface area (Å²) in [7, 11) is 0. The summed E-state index contributed by atoms with van der Waals surface area (Å²) < 4.78 is 0. The van der Waals surface area contributed by atoms with E-state index in [-0.39, 0.29) is 22.2 Å². The molecular formula is C31H63N3O2. The van der Waals surface area contributed by atoms with Gasteiger partial charge in [-0.15, -0.1) is 0 Å². The number of nitrogens with one attached hydrogen (secondary N) is 1. The van der Waals surface area contributed by atoms with E-state index in [4.69, 9.17) is 9.68 Å². The third-order valence-corrected chi connectivity index (χ3v) is 8.34. The van der Waals surface area contributed by atoms with Crippen molar-refractivity contribution in [2.24, 2.45) is 5.92 Å². The minimum atomic E-state index is 0.0655. The molecule has 0 aromatic heterocycles. The lowest BCUT2D eigenvalue weighted by molar-refractivity contribution is -0.288. The van der Waals surface area contributed by atoms with Crippen molar-refractivity contribution >= 4 is 0 Å². The predicted octanol–water partition coefficient (Wildman–Crippen LogP) is 7.89. The highest BCUT2D eigenvalue weighted by atomic mass is 16.7. The van der Waals surface area contributed by atoms with Crippen molar-refractivity contribution in [1.29, 1.82) is 0 Å². The fraction of sp³-hybridized carbons (Fsp3) is 1.00. The average Bonchev–Trinajstić information content (AvgIpc) is 2.72. The summed E-state index contributed by atoms with van der Waals surface area (Å²) in [6.07, 6.45) is 15.1. The second-order valence-electron chi connectivity index (χ2n) is 14.4. The van der Waals surface area contributed by atoms with Crippen molar-refractivity contribution in [2.45, 2.75) is 174 Å². The highest BCUT2D eigenvalue weighted by molar-refractivity contribution is 4.99. The predicted molar refractivity (Wildman–Crippen MR) is 154 cm³/mol. The molecule has 2 saturated heterocycles. The van der Waals surface area contributed by atoms with Gasteiger partial charge in [0.1, 0.15) is 0 Å². The molecule has 0 atom stereocenters. The van der Waals surface area contributed by atoms with E-state index in [2.05, 4.69) is 84.7 Å². The fourth-order valence-corrected chi connectivity index (χ4v) is 7.54. The second-order valence-corrected chi connectivity index (χ2v) is 14.4. The van der Waals surface area contributed by atoms with Crippen LogP contribution in [0.15, 0.2) is 0 Å². The SMILES string of the molecule is CCCON1C(C)(C)CC(CCCCCCCNC2CC(C)(C)N(OCCC)C(C)(C)C2)CC1(C)C. The first-order valence-electron chi connectivity index (χ1n) is 15.3. The lowest BCUT2D eigenvalue weighted by atomic mass is 9.73. The van der Waals surface area contributed by atoms with Crippen molar-refractivity contribution in [3.8, 4) is 0 Å². The lowest BCUT2D eigenvalue weighted by Gasteiger charge is -2.54. The van der Waals surface area contributed by atoms with E-state index in [0.717, 1.165) is 51.4 Å². The molecule has 0 aromatic carbocycles. The van der Waals surface area contributed by atoms with Crippen molar-refractivity contribution < 1.29 is 9.68 Å². The van der Waals surface area contributed by atoms with Crippen LogP contribution in [-0.2, 0) is 9.68 Å². The van der Waals surface area contributed by atoms with Crippen molar-refractivity contribution in [3.05, 3.63) is 0 Å². The molecule has 0 radical (unpaired) electrons. The highest BCUT2D eigenvalue weighted by Crippen LogP contribution is 2.43. The van der Waals surface area contributed by atoms with Crippen LogP contribution in [0, 0.1) is 5.92 Å². The van der Waals surface area contributed by atoms with Crippen LogP contribution in [0.4, 0.5) is 0 Å². The Labute approximate surface area is 225 Å². The van der Waals surface area contributed by atoms with Gasteiger partial charge in [-0.2, -0.15) is 10.1 Å². The first-order valence-corrected chi connectivity index (χ1v) is 15.3. The first-order chi connectivity index (χ1) is 16.7. The summed E-state index contributed by atoms with van der Waals surface area (Å²) >= 11 is 0. The Morgan fingerprint density at radius 1 is 0.611 bits per heavy atom. The Kier molecular flexibility index (Phi) is 12.2. The van der Waals surface area contributed by atoms with Gasteiger partial charge in [-0.1, -0.05) is 46.0 Å². The number of piperidine rings is 2. The summed E-state index contributed by atoms with van der Waals surface area (Å²) in [5.74, 6) is 0.817. The number of hydroxylamine groups is 4. The summed E-state index contributed by atoms with van der Waals surface area (Å²) in [5.41, 5.74) is 0.370. The zero-order valence-electron chi connectivity index (χ0n) is 26.0. The third kappa shape index (κ3) is 9.22. The molecule has 36 heavy (non-hydrogen) atoms. The molecular weight excluding hydrogens is 446 g/mol. The first kappa shape index (κ1) is 32.0. The van der Waals surface area contributed by atoms with Crippen LogP contribution in [0.1, 0.15) is 146 Å². The largest absolute Gasteiger partial charge is 0.314 e. The van der Waals surface area contributed by atoms with Gasteiger partial charge in [0.25, 0.3) is 0 Å². The van der Waals surface area contributed by atoms with Crippen LogP contribution < -0.4 is 5.32 Å². The fourth-order valence-electron chi connectivity index (χ4n) is 7.54. The van der Waals surface area contributed by atoms with Gasteiger partial charge >= 0.3 is 0 Å². The van der Waals surface area contributed by atoms with E-state index < -0.39 is 0 Å². The van der Waals surface area contributed by atoms with Gasteiger partial charge in [-0.3, -0.25) is 9.68 Å². The Balaban J connectivity index is 1.63. The Bertz CT molecular complexity index is 541. The molecule has 0 saturated carbocycles. The minimum absolute atomic E-state index is 0.0655. The van der Waals surface area contributed by atoms with Crippen LogP contribution in [0.2, 0.25) is 0 Å². The van der Waals surface area contributed by atoms with Crippen molar-refractivity contribution in [2.75, 3.05) is 19.8 Å². The maximum atomic E-state index is 6.20. The lowest BCUT2D eigenvalue weighted by Crippen LogP contribution is -2.63. The molecule has 2 aliphatic rings. The number of hydrogen-bond acceptors (Lipinski definition) is 5. The normalized spacial score (nSPS) is 24.8. The molecule has 0 unspecified atom stereocenters. The van der Waals surface area contributed by atoms with E-state index in [1.54, 1.807) is 0 Å². The van der Waals surface area contributed by atoms with Crippen LogP contribution in [0.3, 0.4) is 0 Å². The standard InChI is InChI=1S/C31H63N3O2/c1-11-20-35-33-28(3,4)22-26(23-29(33,5)6)18-16-14-13-15-17-19-32-27-24-30(7,8)34(36-21-12-2)31(9,10)25-27/h26-27,32H,11-25H2,1-10H3. The Hall–Kier alpha value is -0.200. The van der Waals surface area contributed by atoms with Crippen LogP contribution in [0.25, 0.3) is 0 Å². The van der Waals surface area contributed by atoms with Gasteiger partial charge in [-0.25, -0.2) is 0 Å². The number of unbranched alkanes of at least 4 members (excludes halogenated alkanes) is 4. The van der Waals surface area contributed by atoms with Crippen LogP contribution in [0.5, 0.6) is 0 Å². The Morgan fingerprint density at radius 3 is 1.50 bits per heavy atom. The topological polar surface area (TPSA) is 37.0 Å². The van der Waals surface area contributed by atoms with Crippen molar-refractivity contribution in [3.63, 3.8) is 0 Å². The molecule has 5 nitrogen and oxygen atoms in total. The quantitative estimate of drug-likeness (QED) is 0.227. The van der Waals surface area contributed by atoms with E-state index >= 15 is 0 Å².